The Morgan fingerprint density at radius 2 is 1.50 bits per heavy atom. The first-order valence-corrected chi connectivity index (χ1v) is 11.2. The molecule has 0 spiro atoms. The molecule has 3 aromatic carbocycles. The molecule has 0 saturated carbocycles. The Labute approximate surface area is 177 Å². The largest absolute Gasteiger partial charge is 0.346 e. The standard InChI is InChI=1S/C22H16F2N2O2S2/c23-18-11-5-4-8-16(18)15-29-22(26-20-13-7-6-12-19(20)24)21(14-25)30(27,28)17-9-2-1-3-10-17/h1-13,26H,15H2. The molecule has 0 fully saturated rings. The molecule has 0 unspecified atom stereocenters. The molecule has 4 nitrogen and oxygen atoms in total. The number of nitriles is 1. The van der Waals surface area contributed by atoms with Crippen molar-refractivity contribution in [3.8, 4) is 6.07 Å². The van der Waals surface area contributed by atoms with Gasteiger partial charge in [0.25, 0.3) is 0 Å². The van der Waals surface area contributed by atoms with Crippen LogP contribution in [0.1, 0.15) is 5.56 Å². The van der Waals surface area contributed by atoms with E-state index in [0.717, 1.165) is 11.8 Å². The van der Waals surface area contributed by atoms with Gasteiger partial charge >= 0.3 is 0 Å². The molecule has 0 aliphatic rings. The van der Waals surface area contributed by atoms with Crippen LogP contribution in [0.3, 0.4) is 0 Å². The van der Waals surface area contributed by atoms with Gasteiger partial charge in [0.05, 0.1) is 10.6 Å². The maximum Gasteiger partial charge on any atom is 0.219 e. The summed E-state index contributed by atoms with van der Waals surface area (Å²) in [5.74, 6) is -1.03. The van der Waals surface area contributed by atoms with Gasteiger partial charge in [0, 0.05) is 5.75 Å². The third kappa shape index (κ3) is 4.87. The van der Waals surface area contributed by atoms with Crippen LogP contribution in [0.25, 0.3) is 0 Å². The summed E-state index contributed by atoms with van der Waals surface area (Å²) < 4.78 is 54.3. The third-order valence-electron chi connectivity index (χ3n) is 4.08. The number of sulfone groups is 1. The number of halogens is 2. The SMILES string of the molecule is N#CC(=C(Nc1ccccc1F)SCc1ccccc1F)S(=O)(=O)c1ccccc1. The van der Waals surface area contributed by atoms with Gasteiger partial charge in [-0.3, -0.25) is 0 Å². The smallest absolute Gasteiger partial charge is 0.219 e. The zero-order valence-corrected chi connectivity index (χ0v) is 17.2. The predicted molar refractivity (Wildman–Crippen MR) is 114 cm³/mol. The molecule has 0 saturated heterocycles. The van der Waals surface area contributed by atoms with Crippen molar-refractivity contribution in [2.45, 2.75) is 10.6 Å². The first kappa shape index (κ1) is 21.6. The summed E-state index contributed by atoms with van der Waals surface area (Å²) in [5, 5.41) is 12.3. The van der Waals surface area contributed by atoms with Gasteiger partial charge in [-0.05, 0) is 35.9 Å². The van der Waals surface area contributed by atoms with Gasteiger partial charge in [0.1, 0.15) is 22.7 Å². The number of nitrogens with one attached hydrogen (secondary N) is 1. The Morgan fingerprint density at radius 3 is 2.13 bits per heavy atom. The Balaban J connectivity index is 2.07. The Kier molecular flexibility index (Phi) is 6.87. The van der Waals surface area contributed by atoms with E-state index in [1.54, 1.807) is 48.5 Å². The van der Waals surface area contributed by atoms with Crippen LogP contribution in [0.5, 0.6) is 0 Å². The van der Waals surface area contributed by atoms with E-state index in [1.165, 1.54) is 36.4 Å². The molecular formula is C22H16F2N2O2S2. The van der Waals surface area contributed by atoms with Crippen LogP contribution in [-0.4, -0.2) is 8.42 Å². The summed E-state index contributed by atoms with van der Waals surface area (Å²) in [4.78, 5) is -0.640. The van der Waals surface area contributed by atoms with Crippen molar-refractivity contribution >= 4 is 27.3 Å². The van der Waals surface area contributed by atoms with Crippen LogP contribution >= 0.6 is 11.8 Å². The van der Waals surface area contributed by atoms with Crippen molar-refractivity contribution in [1.29, 1.82) is 5.26 Å². The third-order valence-corrected chi connectivity index (χ3v) is 6.99. The highest BCUT2D eigenvalue weighted by Crippen LogP contribution is 2.32. The number of allylic oxidation sites excluding steroid dienone is 1. The van der Waals surface area contributed by atoms with Crippen molar-refractivity contribution in [1.82, 2.24) is 0 Å². The fourth-order valence-corrected chi connectivity index (χ4v) is 5.12. The van der Waals surface area contributed by atoms with Crippen LogP contribution < -0.4 is 5.32 Å². The summed E-state index contributed by atoms with van der Waals surface area (Å²) in [6.45, 7) is 0. The molecule has 0 radical (unpaired) electrons. The average Bonchev–Trinajstić information content (AvgIpc) is 2.75. The topological polar surface area (TPSA) is 70.0 Å². The van der Waals surface area contributed by atoms with E-state index in [4.69, 9.17) is 0 Å². The summed E-state index contributed by atoms with van der Waals surface area (Å²) in [6.07, 6.45) is 0. The van der Waals surface area contributed by atoms with Gasteiger partial charge < -0.3 is 5.32 Å². The van der Waals surface area contributed by atoms with E-state index in [1.807, 2.05) is 0 Å². The van der Waals surface area contributed by atoms with Crippen LogP contribution in [0.2, 0.25) is 0 Å². The molecule has 0 aromatic heterocycles. The monoisotopic (exact) mass is 442 g/mol. The Morgan fingerprint density at radius 1 is 0.900 bits per heavy atom. The first-order valence-electron chi connectivity index (χ1n) is 8.75. The lowest BCUT2D eigenvalue weighted by atomic mass is 10.2. The summed E-state index contributed by atoms with van der Waals surface area (Å²) in [6, 6.07) is 20.9. The highest BCUT2D eigenvalue weighted by Gasteiger charge is 2.26. The van der Waals surface area contributed by atoms with Crippen molar-refractivity contribution in [2.75, 3.05) is 5.32 Å². The van der Waals surface area contributed by atoms with E-state index in [9.17, 15) is 22.5 Å². The number of thioether (sulfide) groups is 1. The van der Waals surface area contributed by atoms with Crippen LogP contribution in [0.4, 0.5) is 14.5 Å². The zero-order valence-electron chi connectivity index (χ0n) is 15.5. The molecule has 0 bridgehead atoms. The molecular weight excluding hydrogens is 426 g/mol. The number of anilines is 1. The molecule has 3 aromatic rings. The fourth-order valence-electron chi connectivity index (χ4n) is 2.56. The summed E-state index contributed by atoms with van der Waals surface area (Å²) in [7, 11) is -4.18. The Bertz CT molecular complexity index is 1220. The van der Waals surface area contributed by atoms with E-state index in [-0.39, 0.29) is 21.4 Å². The Hall–Kier alpha value is -3.15. The minimum Gasteiger partial charge on any atom is -0.346 e. The first-order chi connectivity index (χ1) is 14.4. The number of nitrogens with zero attached hydrogens (tertiary/aromatic N) is 1. The maximum atomic E-state index is 14.2. The summed E-state index contributed by atoms with van der Waals surface area (Å²) in [5.41, 5.74) is 0.328. The van der Waals surface area contributed by atoms with E-state index in [0.29, 0.717) is 5.56 Å². The molecule has 1 N–H and O–H groups in total. The van der Waals surface area contributed by atoms with E-state index < -0.39 is 26.4 Å². The lowest BCUT2D eigenvalue weighted by Crippen LogP contribution is -2.11. The number of rotatable bonds is 7. The molecule has 152 valence electrons. The van der Waals surface area contributed by atoms with Crippen molar-refractivity contribution in [3.63, 3.8) is 0 Å². The molecule has 0 aliphatic heterocycles. The van der Waals surface area contributed by atoms with Gasteiger partial charge in [0.15, 0.2) is 4.91 Å². The average molecular weight is 443 g/mol. The molecule has 0 heterocycles. The fraction of sp³-hybridized carbons (Fsp3) is 0.0455. The molecule has 30 heavy (non-hydrogen) atoms. The molecule has 8 heteroatoms. The zero-order chi connectivity index (χ0) is 21.6. The second-order valence-corrected chi connectivity index (χ2v) is 8.94. The maximum absolute atomic E-state index is 14.2. The molecule has 0 atom stereocenters. The highest BCUT2D eigenvalue weighted by molar-refractivity contribution is 8.04. The second kappa shape index (κ2) is 9.57. The lowest BCUT2D eigenvalue weighted by Gasteiger charge is -2.14. The predicted octanol–water partition coefficient (Wildman–Crippen LogP) is 5.48. The van der Waals surface area contributed by atoms with E-state index >= 15 is 0 Å². The van der Waals surface area contributed by atoms with Gasteiger partial charge in [0.2, 0.25) is 9.84 Å². The van der Waals surface area contributed by atoms with Crippen molar-refractivity contribution in [2.24, 2.45) is 0 Å². The minimum absolute atomic E-state index is 0.00421. The molecule has 3 rings (SSSR count). The van der Waals surface area contributed by atoms with Gasteiger partial charge in [-0.1, -0.05) is 48.5 Å². The van der Waals surface area contributed by atoms with Crippen molar-refractivity contribution < 1.29 is 17.2 Å². The summed E-state index contributed by atoms with van der Waals surface area (Å²) >= 11 is 0.907. The normalized spacial score (nSPS) is 12.0. The highest BCUT2D eigenvalue weighted by atomic mass is 32.2. The van der Waals surface area contributed by atoms with Gasteiger partial charge in [-0.15, -0.1) is 11.8 Å². The lowest BCUT2D eigenvalue weighted by molar-refractivity contribution is 0.603. The molecule has 0 aliphatic carbocycles. The van der Waals surface area contributed by atoms with Crippen molar-refractivity contribution in [3.05, 3.63) is 106 Å². The number of benzene rings is 3. The number of para-hydroxylation sites is 1. The van der Waals surface area contributed by atoms with Crippen LogP contribution in [-0.2, 0) is 15.6 Å². The van der Waals surface area contributed by atoms with Gasteiger partial charge in [-0.2, -0.15) is 5.26 Å². The van der Waals surface area contributed by atoms with Crippen LogP contribution in [0, 0.1) is 23.0 Å². The van der Waals surface area contributed by atoms with Crippen LogP contribution in [0.15, 0.2) is 93.7 Å². The quantitative estimate of drug-likeness (QED) is 0.491. The second-order valence-electron chi connectivity index (χ2n) is 6.07. The van der Waals surface area contributed by atoms with E-state index in [2.05, 4.69) is 5.32 Å². The van der Waals surface area contributed by atoms with Gasteiger partial charge in [-0.25, -0.2) is 17.2 Å². The molecule has 0 amide bonds. The minimum atomic E-state index is -4.18. The number of hydrogen-bond donors (Lipinski definition) is 1. The number of hydrogen-bond acceptors (Lipinski definition) is 5.